The monoisotopic (exact) mass is 407 g/mol. The summed E-state index contributed by atoms with van der Waals surface area (Å²) in [6.07, 6.45) is 0. The highest BCUT2D eigenvalue weighted by Gasteiger charge is 2.17. The summed E-state index contributed by atoms with van der Waals surface area (Å²) in [6.45, 7) is 1.83. The lowest BCUT2D eigenvalue weighted by Gasteiger charge is -2.14. The van der Waals surface area contributed by atoms with E-state index < -0.39 is 0 Å². The van der Waals surface area contributed by atoms with Gasteiger partial charge in [0, 0.05) is 21.3 Å². The molecule has 4 heteroatoms. The zero-order valence-corrected chi connectivity index (χ0v) is 15.9. The number of carbonyl (C=O) groups excluding carboxylic acids is 2. The molecule has 0 aliphatic heterocycles. The summed E-state index contributed by atoms with van der Waals surface area (Å²) in [5.74, 6) is -0.535. The minimum atomic E-state index is -0.373. The Balaban J connectivity index is 1.77. The number of halogens is 1. The molecule has 3 rings (SSSR count). The molecular weight excluding hydrogens is 390 g/mol. The molecule has 0 aliphatic carbocycles. The molecule has 1 N–H and O–H groups in total. The van der Waals surface area contributed by atoms with Crippen LogP contribution in [0.1, 0.15) is 34.3 Å². The van der Waals surface area contributed by atoms with Crippen LogP contribution in [0.4, 0.5) is 5.69 Å². The number of hydrogen-bond acceptors (Lipinski definition) is 2. The normalized spacial score (nSPS) is 11.6. The SMILES string of the molecule is C[C@H](C(=O)Nc1ccc(Br)cc1)c1cccc(C(=O)c2ccccc2)c1. The van der Waals surface area contributed by atoms with E-state index in [4.69, 9.17) is 0 Å². The van der Waals surface area contributed by atoms with E-state index in [2.05, 4.69) is 21.2 Å². The van der Waals surface area contributed by atoms with Crippen LogP contribution in [-0.2, 0) is 4.79 Å². The summed E-state index contributed by atoms with van der Waals surface area (Å²) in [5, 5.41) is 2.90. The molecule has 0 aliphatic rings. The van der Waals surface area contributed by atoms with Crippen LogP contribution in [0.25, 0.3) is 0 Å². The van der Waals surface area contributed by atoms with Gasteiger partial charge in [-0.2, -0.15) is 0 Å². The number of carbonyl (C=O) groups is 2. The van der Waals surface area contributed by atoms with Crippen molar-refractivity contribution in [3.63, 3.8) is 0 Å². The predicted molar refractivity (Wildman–Crippen MR) is 108 cm³/mol. The number of benzene rings is 3. The Bertz CT molecular complexity index is 920. The number of nitrogens with one attached hydrogen (secondary N) is 1. The van der Waals surface area contributed by atoms with Gasteiger partial charge in [0.05, 0.1) is 5.92 Å². The second-order valence-electron chi connectivity index (χ2n) is 6.04. The van der Waals surface area contributed by atoms with Crippen molar-refractivity contribution in [2.24, 2.45) is 0 Å². The molecule has 3 aromatic carbocycles. The Morgan fingerprint density at radius 3 is 2.19 bits per heavy atom. The highest BCUT2D eigenvalue weighted by Crippen LogP contribution is 2.21. The lowest BCUT2D eigenvalue weighted by molar-refractivity contribution is -0.117. The van der Waals surface area contributed by atoms with Crippen LogP contribution < -0.4 is 5.32 Å². The Morgan fingerprint density at radius 1 is 0.846 bits per heavy atom. The third-order valence-electron chi connectivity index (χ3n) is 4.19. The number of ketones is 1. The Morgan fingerprint density at radius 2 is 1.50 bits per heavy atom. The van der Waals surface area contributed by atoms with E-state index in [0.29, 0.717) is 11.1 Å². The molecule has 130 valence electrons. The first-order valence-electron chi connectivity index (χ1n) is 8.31. The van der Waals surface area contributed by atoms with Gasteiger partial charge in [-0.15, -0.1) is 0 Å². The van der Waals surface area contributed by atoms with Crippen molar-refractivity contribution in [2.75, 3.05) is 5.32 Å². The molecule has 0 bridgehead atoms. The third kappa shape index (κ3) is 4.27. The van der Waals surface area contributed by atoms with Crippen LogP contribution in [0.15, 0.2) is 83.3 Å². The largest absolute Gasteiger partial charge is 0.326 e. The van der Waals surface area contributed by atoms with E-state index in [9.17, 15) is 9.59 Å². The third-order valence-corrected chi connectivity index (χ3v) is 4.72. The maximum atomic E-state index is 12.6. The second kappa shape index (κ2) is 8.11. The highest BCUT2D eigenvalue weighted by atomic mass is 79.9. The topological polar surface area (TPSA) is 46.2 Å². The first-order valence-corrected chi connectivity index (χ1v) is 9.10. The van der Waals surface area contributed by atoms with Gasteiger partial charge >= 0.3 is 0 Å². The first kappa shape index (κ1) is 18.1. The van der Waals surface area contributed by atoms with Gasteiger partial charge in [0.15, 0.2) is 5.78 Å². The minimum Gasteiger partial charge on any atom is -0.326 e. The maximum Gasteiger partial charge on any atom is 0.231 e. The molecule has 0 radical (unpaired) electrons. The Hall–Kier alpha value is -2.72. The van der Waals surface area contributed by atoms with Crippen LogP contribution in [0.3, 0.4) is 0 Å². The van der Waals surface area contributed by atoms with Gasteiger partial charge in [-0.05, 0) is 42.8 Å². The fraction of sp³-hybridized carbons (Fsp3) is 0.0909. The standard InChI is InChI=1S/C22H18BrNO2/c1-15(22(26)24-20-12-10-19(23)11-13-20)17-8-5-9-18(14-17)21(25)16-6-3-2-4-7-16/h2-15H,1H3,(H,24,26)/t15-/m0/s1. The van der Waals surface area contributed by atoms with Crippen molar-refractivity contribution in [3.05, 3.63) is 100 Å². The van der Waals surface area contributed by atoms with Gasteiger partial charge in [-0.1, -0.05) is 64.5 Å². The number of anilines is 1. The summed E-state index contributed by atoms with van der Waals surface area (Å²) in [4.78, 5) is 25.2. The first-order chi connectivity index (χ1) is 12.5. The fourth-order valence-corrected chi connectivity index (χ4v) is 2.90. The summed E-state index contributed by atoms with van der Waals surface area (Å²) in [5.41, 5.74) is 2.76. The summed E-state index contributed by atoms with van der Waals surface area (Å²) in [7, 11) is 0. The van der Waals surface area contributed by atoms with E-state index in [1.807, 2.05) is 61.5 Å². The summed E-state index contributed by atoms with van der Waals surface area (Å²) < 4.78 is 0.954. The van der Waals surface area contributed by atoms with Gasteiger partial charge in [-0.3, -0.25) is 9.59 Å². The molecular formula is C22H18BrNO2. The molecule has 0 saturated carbocycles. The van der Waals surface area contributed by atoms with Gasteiger partial charge in [0.2, 0.25) is 5.91 Å². The van der Waals surface area contributed by atoms with E-state index in [1.54, 1.807) is 24.3 Å². The van der Waals surface area contributed by atoms with Gasteiger partial charge in [0.1, 0.15) is 0 Å². The average Bonchev–Trinajstić information content (AvgIpc) is 2.69. The van der Waals surface area contributed by atoms with Gasteiger partial charge < -0.3 is 5.32 Å². The predicted octanol–water partition coefficient (Wildman–Crippen LogP) is 5.42. The van der Waals surface area contributed by atoms with Crippen molar-refractivity contribution in [1.29, 1.82) is 0 Å². The maximum absolute atomic E-state index is 12.6. The van der Waals surface area contributed by atoms with E-state index in [-0.39, 0.29) is 17.6 Å². The molecule has 1 amide bonds. The fourth-order valence-electron chi connectivity index (χ4n) is 2.64. The molecule has 3 nitrogen and oxygen atoms in total. The van der Waals surface area contributed by atoms with E-state index in [1.165, 1.54) is 0 Å². The van der Waals surface area contributed by atoms with Gasteiger partial charge in [0.25, 0.3) is 0 Å². The molecule has 0 unspecified atom stereocenters. The van der Waals surface area contributed by atoms with Crippen LogP contribution in [0.5, 0.6) is 0 Å². The van der Waals surface area contributed by atoms with Crippen LogP contribution in [-0.4, -0.2) is 11.7 Å². The highest BCUT2D eigenvalue weighted by molar-refractivity contribution is 9.10. The van der Waals surface area contributed by atoms with Crippen LogP contribution >= 0.6 is 15.9 Å². The second-order valence-corrected chi connectivity index (χ2v) is 6.95. The average molecular weight is 408 g/mol. The zero-order valence-electron chi connectivity index (χ0n) is 14.3. The lowest BCUT2D eigenvalue weighted by Crippen LogP contribution is -2.19. The Labute approximate surface area is 161 Å². The molecule has 0 heterocycles. The van der Waals surface area contributed by atoms with Crippen molar-refractivity contribution >= 4 is 33.3 Å². The Kier molecular flexibility index (Phi) is 5.64. The molecule has 0 saturated heterocycles. The molecule has 0 aromatic heterocycles. The molecule has 0 fully saturated rings. The summed E-state index contributed by atoms with van der Waals surface area (Å²) >= 11 is 3.37. The molecule has 1 atom stereocenters. The molecule has 26 heavy (non-hydrogen) atoms. The van der Waals surface area contributed by atoms with Crippen molar-refractivity contribution in [2.45, 2.75) is 12.8 Å². The zero-order chi connectivity index (χ0) is 18.5. The van der Waals surface area contributed by atoms with Crippen LogP contribution in [0.2, 0.25) is 0 Å². The van der Waals surface area contributed by atoms with Gasteiger partial charge in [-0.25, -0.2) is 0 Å². The smallest absolute Gasteiger partial charge is 0.231 e. The van der Waals surface area contributed by atoms with E-state index >= 15 is 0 Å². The van der Waals surface area contributed by atoms with Crippen LogP contribution in [0, 0.1) is 0 Å². The van der Waals surface area contributed by atoms with Crippen molar-refractivity contribution in [3.8, 4) is 0 Å². The lowest BCUT2D eigenvalue weighted by atomic mass is 9.95. The number of amides is 1. The quantitative estimate of drug-likeness (QED) is 0.573. The number of rotatable bonds is 5. The number of hydrogen-bond donors (Lipinski definition) is 1. The van der Waals surface area contributed by atoms with E-state index in [0.717, 1.165) is 15.7 Å². The van der Waals surface area contributed by atoms with Crippen molar-refractivity contribution < 1.29 is 9.59 Å². The molecule has 0 spiro atoms. The van der Waals surface area contributed by atoms with Crippen molar-refractivity contribution in [1.82, 2.24) is 0 Å². The minimum absolute atomic E-state index is 0.0482. The summed E-state index contributed by atoms with van der Waals surface area (Å²) in [6, 6.07) is 23.8. The molecule has 3 aromatic rings.